The Balaban J connectivity index is 0.00000420. The van der Waals surface area contributed by atoms with Crippen molar-refractivity contribution in [2.75, 3.05) is 33.8 Å². The summed E-state index contributed by atoms with van der Waals surface area (Å²) in [6.45, 7) is 8.84. The molecule has 166 valence electrons. The maximum atomic E-state index is 12.6. The van der Waals surface area contributed by atoms with Crippen LogP contribution in [-0.2, 0) is 21.3 Å². The van der Waals surface area contributed by atoms with Gasteiger partial charge >= 0.3 is 0 Å². The van der Waals surface area contributed by atoms with Crippen LogP contribution in [0.4, 0.5) is 0 Å². The molecule has 0 aromatic heterocycles. The van der Waals surface area contributed by atoms with Gasteiger partial charge in [-0.25, -0.2) is 8.42 Å². The molecule has 1 unspecified atom stereocenters. The average Bonchev–Trinajstić information content (AvgIpc) is 3.19. The maximum absolute atomic E-state index is 12.6. The van der Waals surface area contributed by atoms with Crippen LogP contribution in [0.5, 0.6) is 0 Å². The molecule has 29 heavy (non-hydrogen) atoms. The molecular weight excluding hydrogens is 503 g/mol. The number of ether oxygens (including phenoxy) is 1. The van der Waals surface area contributed by atoms with Crippen LogP contribution >= 0.6 is 24.0 Å². The first-order valence-corrected chi connectivity index (χ1v) is 11.2. The van der Waals surface area contributed by atoms with E-state index in [9.17, 15) is 8.42 Å². The summed E-state index contributed by atoms with van der Waals surface area (Å²) in [6, 6.07) is 7.05. The van der Waals surface area contributed by atoms with Gasteiger partial charge in [-0.3, -0.25) is 4.99 Å². The molecule has 1 fully saturated rings. The molecule has 0 radical (unpaired) electrons. The number of nitrogens with one attached hydrogen (secondary N) is 2. The van der Waals surface area contributed by atoms with E-state index in [2.05, 4.69) is 36.4 Å². The third-order valence-corrected chi connectivity index (χ3v) is 6.93. The van der Waals surface area contributed by atoms with Gasteiger partial charge < -0.3 is 15.4 Å². The van der Waals surface area contributed by atoms with Crippen molar-refractivity contribution in [1.29, 1.82) is 0 Å². The van der Waals surface area contributed by atoms with Crippen molar-refractivity contribution in [3.05, 3.63) is 29.8 Å². The highest BCUT2D eigenvalue weighted by atomic mass is 127. The van der Waals surface area contributed by atoms with Crippen LogP contribution in [0.2, 0.25) is 0 Å². The van der Waals surface area contributed by atoms with Crippen LogP contribution in [-0.4, -0.2) is 58.6 Å². The minimum Gasteiger partial charge on any atom is -0.379 e. The molecule has 1 saturated heterocycles. The lowest BCUT2D eigenvalue weighted by atomic mass is 9.89. The minimum absolute atomic E-state index is 0. The first-order chi connectivity index (χ1) is 13.2. The molecule has 7 nitrogen and oxygen atoms in total. The molecule has 1 atom stereocenters. The Hall–Kier alpha value is -0.910. The van der Waals surface area contributed by atoms with Gasteiger partial charge in [0.25, 0.3) is 0 Å². The van der Waals surface area contributed by atoms with Crippen LogP contribution in [0.3, 0.4) is 0 Å². The van der Waals surface area contributed by atoms with Gasteiger partial charge in [0, 0.05) is 40.3 Å². The van der Waals surface area contributed by atoms with Gasteiger partial charge in [0.2, 0.25) is 10.0 Å². The zero-order valence-electron chi connectivity index (χ0n) is 18.1. The van der Waals surface area contributed by atoms with Crippen molar-refractivity contribution in [3.8, 4) is 0 Å². The Morgan fingerprint density at radius 1 is 1.17 bits per heavy atom. The highest BCUT2D eigenvalue weighted by Gasteiger charge is 2.27. The second kappa shape index (κ2) is 11.5. The van der Waals surface area contributed by atoms with E-state index in [1.165, 1.54) is 0 Å². The number of methoxy groups -OCH3 is 1. The van der Waals surface area contributed by atoms with Gasteiger partial charge in [-0.1, -0.05) is 32.9 Å². The summed E-state index contributed by atoms with van der Waals surface area (Å²) in [6.07, 6.45) is 1.93. The summed E-state index contributed by atoms with van der Waals surface area (Å²) < 4.78 is 32.3. The number of hydrogen-bond donors (Lipinski definition) is 2. The van der Waals surface area contributed by atoms with Gasteiger partial charge in [-0.15, -0.1) is 24.0 Å². The Morgan fingerprint density at radius 2 is 1.76 bits per heavy atom. The topological polar surface area (TPSA) is 83.0 Å². The molecule has 1 aliphatic heterocycles. The molecule has 0 amide bonds. The van der Waals surface area contributed by atoms with Crippen LogP contribution in [0.1, 0.15) is 39.2 Å². The van der Waals surface area contributed by atoms with Gasteiger partial charge in [0.1, 0.15) is 0 Å². The standard InChI is InChI=1S/C20H34N4O3S.HI/c1-20(2,3)18(27-5)15-23-19(21-4)22-14-16-8-10-17(11-9-16)28(25,26)24-12-6-7-13-24;/h8-11,18H,6-7,12-15H2,1-5H3,(H2,21,22,23);1H. The van der Waals surface area contributed by atoms with Gasteiger partial charge in [-0.2, -0.15) is 4.31 Å². The number of aliphatic imine (C=N–C) groups is 1. The molecule has 2 rings (SSSR count). The molecule has 0 saturated carbocycles. The summed E-state index contributed by atoms with van der Waals surface area (Å²) in [5, 5.41) is 6.53. The maximum Gasteiger partial charge on any atom is 0.243 e. The molecule has 1 aromatic rings. The van der Waals surface area contributed by atoms with E-state index in [1.807, 2.05) is 12.1 Å². The highest BCUT2D eigenvalue weighted by Crippen LogP contribution is 2.22. The molecular formula is C20H35IN4O3S. The number of rotatable bonds is 7. The zero-order valence-corrected chi connectivity index (χ0v) is 21.2. The quantitative estimate of drug-likeness (QED) is 0.317. The molecule has 0 bridgehead atoms. The zero-order chi connectivity index (χ0) is 20.8. The van der Waals surface area contributed by atoms with E-state index in [1.54, 1.807) is 30.6 Å². The average molecular weight is 538 g/mol. The predicted octanol–water partition coefficient (Wildman–Crippen LogP) is 2.82. The number of halogens is 1. The normalized spacial score (nSPS) is 16.9. The van der Waals surface area contributed by atoms with Gasteiger partial charge in [-0.05, 0) is 36.0 Å². The monoisotopic (exact) mass is 538 g/mol. The molecule has 1 heterocycles. The van der Waals surface area contributed by atoms with Crippen molar-refractivity contribution in [2.45, 2.75) is 51.2 Å². The second-order valence-corrected chi connectivity index (χ2v) is 10.1. The molecule has 0 aliphatic carbocycles. The fourth-order valence-electron chi connectivity index (χ4n) is 3.20. The summed E-state index contributed by atoms with van der Waals surface area (Å²) in [5.74, 6) is 0.681. The molecule has 1 aliphatic rings. The largest absolute Gasteiger partial charge is 0.379 e. The van der Waals surface area contributed by atoms with Crippen molar-refractivity contribution in [3.63, 3.8) is 0 Å². The fourth-order valence-corrected chi connectivity index (χ4v) is 4.71. The number of hydrogen-bond acceptors (Lipinski definition) is 4. The van der Waals surface area contributed by atoms with E-state index in [0.29, 0.717) is 37.0 Å². The fraction of sp³-hybridized carbons (Fsp3) is 0.650. The van der Waals surface area contributed by atoms with Crippen LogP contribution < -0.4 is 10.6 Å². The summed E-state index contributed by atoms with van der Waals surface area (Å²) in [7, 11) is 0.0725. The van der Waals surface area contributed by atoms with Crippen molar-refractivity contribution < 1.29 is 13.2 Å². The van der Waals surface area contributed by atoms with E-state index < -0.39 is 10.0 Å². The van der Waals surface area contributed by atoms with Gasteiger partial charge in [0.15, 0.2) is 5.96 Å². The number of benzene rings is 1. The third kappa shape index (κ3) is 7.37. The SMILES string of the molecule is CN=C(NCc1ccc(S(=O)(=O)N2CCCC2)cc1)NCC(OC)C(C)(C)C.I. The smallest absolute Gasteiger partial charge is 0.243 e. The molecule has 9 heteroatoms. The van der Waals surface area contributed by atoms with Crippen molar-refractivity contribution in [1.82, 2.24) is 14.9 Å². The van der Waals surface area contributed by atoms with Crippen LogP contribution in [0, 0.1) is 5.41 Å². The number of guanidine groups is 1. The van der Waals surface area contributed by atoms with E-state index in [-0.39, 0.29) is 35.5 Å². The summed E-state index contributed by atoms with van der Waals surface area (Å²) >= 11 is 0. The molecule has 2 N–H and O–H groups in total. The van der Waals surface area contributed by atoms with Crippen LogP contribution in [0.25, 0.3) is 0 Å². The molecule has 0 spiro atoms. The van der Waals surface area contributed by atoms with Gasteiger partial charge in [0.05, 0.1) is 11.0 Å². The second-order valence-electron chi connectivity index (χ2n) is 8.15. The van der Waals surface area contributed by atoms with E-state index in [4.69, 9.17) is 4.74 Å². The van der Waals surface area contributed by atoms with Crippen molar-refractivity contribution in [2.24, 2.45) is 10.4 Å². The first kappa shape index (κ1) is 26.1. The first-order valence-electron chi connectivity index (χ1n) is 9.75. The minimum atomic E-state index is -3.36. The lowest BCUT2D eigenvalue weighted by Gasteiger charge is -2.30. The number of sulfonamides is 1. The highest BCUT2D eigenvalue weighted by molar-refractivity contribution is 14.0. The predicted molar refractivity (Wildman–Crippen MR) is 128 cm³/mol. The Morgan fingerprint density at radius 3 is 2.24 bits per heavy atom. The van der Waals surface area contributed by atoms with E-state index >= 15 is 0 Å². The Kier molecular flexibility index (Phi) is 10.3. The summed E-state index contributed by atoms with van der Waals surface area (Å²) in [5.41, 5.74) is 1.01. The van der Waals surface area contributed by atoms with E-state index in [0.717, 1.165) is 18.4 Å². The lowest BCUT2D eigenvalue weighted by molar-refractivity contribution is 0.0205. The number of nitrogens with zero attached hydrogens (tertiary/aromatic N) is 2. The molecule has 1 aromatic carbocycles. The third-order valence-electron chi connectivity index (χ3n) is 5.02. The Labute approximate surface area is 192 Å². The van der Waals surface area contributed by atoms with Crippen molar-refractivity contribution >= 4 is 40.0 Å². The lowest BCUT2D eigenvalue weighted by Crippen LogP contribution is -2.45. The Bertz CT molecular complexity index is 755. The van der Waals surface area contributed by atoms with Crippen LogP contribution in [0.15, 0.2) is 34.2 Å². The summed E-state index contributed by atoms with van der Waals surface area (Å²) in [4.78, 5) is 4.59.